The number of carbonyl (C=O) groups is 1. The van der Waals surface area contributed by atoms with Crippen LogP contribution in [-0.2, 0) is 0 Å². The summed E-state index contributed by atoms with van der Waals surface area (Å²) in [4.78, 5) is 16.6. The normalized spacial score (nSPS) is 11.0. The number of nitrogens with zero attached hydrogens (tertiary/aromatic N) is 1. The number of hydrogen-bond acceptors (Lipinski definition) is 3. The molecule has 0 bridgehead atoms. The van der Waals surface area contributed by atoms with Crippen LogP contribution in [0.15, 0.2) is 30.5 Å². The highest BCUT2D eigenvalue weighted by molar-refractivity contribution is 6.18. The number of Topliss-reactive ketones (excluding diaryl/α,β-unsaturated/α-hetero) is 1. The van der Waals surface area contributed by atoms with Gasteiger partial charge in [0.2, 0.25) is 0 Å². The van der Waals surface area contributed by atoms with Crippen LogP contribution in [0.5, 0.6) is 5.75 Å². The van der Waals surface area contributed by atoms with Crippen LogP contribution in [0.4, 0.5) is 0 Å². The Labute approximate surface area is 123 Å². The molecule has 1 aromatic heterocycles. The van der Waals surface area contributed by atoms with Crippen molar-refractivity contribution in [2.24, 2.45) is 0 Å². The molecule has 20 heavy (non-hydrogen) atoms. The average molecular weight is 292 g/mol. The summed E-state index contributed by atoms with van der Waals surface area (Å²) in [6, 6.07) is 7.38. The summed E-state index contributed by atoms with van der Waals surface area (Å²) in [5.74, 6) is 1.31. The van der Waals surface area contributed by atoms with E-state index in [1.807, 2.05) is 38.1 Å². The van der Waals surface area contributed by atoms with Gasteiger partial charge in [-0.2, -0.15) is 0 Å². The van der Waals surface area contributed by atoms with Crippen molar-refractivity contribution < 1.29 is 9.53 Å². The van der Waals surface area contributed by atoms with Gasteiger partial charge in [0.15, 0.2) is 5.78 Å². The third kappa shape index (κ3) is 3.28. The van der Waals surface area contributed by atoms with Gasteiger partial charge >= 0.3 is 0 Å². The Morgan fingerprint density at radius 1 is 1.35 bits per heavy atom. The first kappa shape index (κ1) is 14.8. The lowest BCUT2D eigenvalue weighted by Gasteiger charge is -2.13. The molecule has 0 aliphatic carbocycles. The molecule has 0 fully saturated rings. The minimum Gasteiger partial charge on any atom is -0.489 e. The highest BCUT2D eigenvalue weighted by Crippen LogP contribution is 2.28. The van der Waals surface area contributed by atoms with E-state index in [2.05, 4.69) is 4.98 Å². The number of ether oxygens (including phenoxy) is 1. The molecule has 0 atom stereocenters. The van der Waals surface area contributed by atoms with Crippen LogP contribution >= 0.6 is 11.6 Å². The Balaban J connectivity index is 2.45. The summed E-state index contributed by atoms with van der Waals surface area (Å²) < 4.78 is 5.75. The van der Waals surface area contributed by atoms with E-state index in [9.17, 15) is 4.79 Å². The number of rotatable bonds is 6. The van der Waals surface area contributed by atoms with Crippen molar-refractivity contribution in [3.63, 3.8) is 0 Å². The molecular weight excluding hydrogens is 274 g/mol. The summed E-state index contributed by atoms with van der Waals surface area (Å²) in [7, 11) is 0. The summed E-state index contributed by atoms with van der Waals surface area (Å²) in [6.07, 6.45) is 2.92. The number of ketones is 1. The third-order valence-electron chi connectivity index (χ3n) is 2.93. The maximum atomic E-state index is 12.2. The molecule has 0 aliphatic rings. The van der Waals surface area contributed by atoms with Gasteiger partial charge in [0.1, 0.15) is 11.3 Å². The molecule has 2 rings (SSSR count). The second kappa shape index (κ2) is 6.71. The van der Waals surface area contributed by atoms with E-state index in [0.717, 1.165) is 10.9 Å². The van der Waals surface area contributed by atoms with Crippen LogP contribution in [0.2, 0.25) is 0 Å². The zero-order valence-electron chi connectivity index (χ0n) is 11.7. The van der Waals surface area contributed by atoms with Gasteiger partial charge in [0, 0.05) is 29.4 Å². The molecule has 0 aliphatic heterocycles. The van der Waals surface area contributed by atoms with Gasteiger partial charge in [0.05, 0.1) is 6.10 Å². The zero-order chi connectivity index (χ0) is 14.5. The number of pyridine rings is 1. The molecule has 0 saturated carbocycles. The topological polar surface area (TPSA) is 39.2 Å². The Bertz CT molecular complexity index is 610. The lowest BCUT2D eigenvalue weighted by molar-refractivity contribution is 0.0983. The average Bonchev–Trinajstić information content (AvgIpc) is 2.44. The second-order valence-electron chi connectivity index (χ2n) is 4.89. The Kier molecular flexibility index (Phi) is 4.96. The minimum atomic E-state index is 0.0676. The van der Waals surface area contributed by atoms with Gasteiger partial charge in [-0.05, 0) is 38.5 Å². The Morgan fingerprint density at radius 3 is 2.85 bits per heavy atom. The van der Waals surface area contributed by atoms with Crippen LogP contribution in [0.25, 0.3) is 10.9 Å². The van der Waals surface area contributed by atoms with Gasteiger partial charge in [-0.25, -0.2) is 0 Å². The van der Waals surface area contributed by atoms with E-state index in [1.54, 1.807) is 6.20 Å². The molecule has 0 radical (unpaired) electrons. The van der Waals surface area contributed by atoms with Gasteiger partial charge in [-0.1, -0.05) is 6.07 Å². The SMILES string of the molecule is CC(C)Oc1ccc(C(=O)CCCCl)c2cccnc12. The van der Waals surface area contributed by atoms with E-state index in [1.165, 1.54) is 0 Å². The van der Waals surface area contributed by atoms with E-state index in [-0.39, 0.29) is 11.9 Å². The van der Waals surface area contributed by atoms with Crippen LogP contribution in [0.1, 0.15) is 37.0 Å². The van der Waals surface area contributed by atoms with Gasteiger partial charge in [0.25, 0.3) is 0 Å². The molecule has 2 aromatic rings. The predicted octanol–water partition coefficient (Wildman–Crippen LogP) is 4.22. The molecule has 0 unspecified atom stereocenters. The monoisotopic (exact) mass is 291 g/mol. The fourth-order valence-electron chi connectivity index (χ4n) is 2.10. The molecule has 4 heteroatoms. The number of halogens is 1. The van der Waals surface area contributed by atoms with E-state index in [4.69, 9.17) is 16.3 Å². The van der Waals surface area contributed by atoms with Crippen LogP contribution < -0.4 is 4.74 Å². The van der Waals surface area contributed by atoms with Crippen LogP contribution in [-0.4, -0.2) is 22.8 Å². The van der Waals surface area contributed by atoms with Crippen molar-refractivity contribution >= 4 is 28.3 Å². The minimum absolute atomic E-state index is 0.0676. The van der Waals surface area contributed by atoms with Crippen molar-refractivity contribution in [3.8, 4) is 5.75 Å². The van der Waals surface area contributed by atoms with Crippen molar-refractivity contribution in [2.45, 2.75) is 32.8 Å². The van der Waals surface area contributed by atoms with E-state index in [0.29, 0.717) is 30.0 Å². The van der Waals surface area contributed by atoms with Crippen molar-refractivity contribution in [1.29, 1.82) is 0 Å². The highest BCUT2D eigenvalue weighted by atomic mass is 35.5. The number of carbonyl (C=O) groups excluding carboxylic acids is 1. The quantitative estimate of drug-likeness (QED) is 0.591. The summed E-state index contributed by atoms with van der Waals surface area (Å²) in [5.41, 5.74) is 1.42. The predicted molar refractivity (Wildman–Crippen MR) is 81.8 cm³/mol. The molecule has 3 nitrogen and oxygen atoms in total. The largest absolute Gasteiger partial charge is 0.489 e. The maximum absolute atomic E-state index is 12.2. The summed E-state index contributed by atoms with van der Waals surface area (Å²) in [5, 5.41) is 0.838. The fraction of sp³-hybridized carbons (Fsp3) is 0.375. The summed E-state index contributed by atoms with van der Waals surface area (Å²) in [6.45, 7) is 3.93. The Hall–Kier alpha value is -1.61. The van der Waals surface area contributed by atoms with Crippen LogP contribution in [0.3, 0.4) is 0 Å². The van der Waals surface area contributed by atoms with Crippen LogP contribution in [0, 0.1) is 0 Å². The first-order valence-corrected chi connectivity index (χ1v) is 7.30. The first-order valence-electron chi connectivity index (χ1n) is 6.77. The zero-order valence-corrected chi connectivity index (χ0v) is 12.5. The highest BCUT2D eigenvalue weighted by Gasteiger charge is 2.14. The number of aromatic nitrogens is 1. The molecule has 106 valence electrons. The van der Waals surface area contributed by atoms with Gasteiger partial charge in [-0.15, -0.1) is 11.6 Å². The number of fused-ring (bicyclic) bond motifs is 1. The van der Waals surface area contributed by atoms with Crippen molar-refractivity contribution in [1.82, 2.24) is 4.98 Å². The standard InChI is InChI=1S/C16H18ClNO2/c1-11(2)20-15-8-7-12(14(19)6-3-9-17)13-5-4-10-18-16(13)15/h4-5,7-8,10-11H,3,6,9H2,1-2H3. The maximum Gasteiger partial charge on any atom is 0.163 e. The van der Waals surface area contributed by atoms with Gasteiger partial charge < -0.3 is 4.74 Å². The number of hydrogen-bond donors (Lipinski definition) is 0. The summed E-state index contributed by atoms with van der Waals surface area (Å²) >= 11 is 5.65. The van der Waals surface area contributed by atoms with E-state index >= 15 is 0 Å². The second-order valence-corrected chi connectivity index (χ2v) is 5.27. The third-order valence-corrected chi connectivity index (χ3v) is 3.20. The molecule has 1 heterocycles. The molecular formula is C16H18ClNO2. The molecule has 0 amide bonds. The smallest absolute Gasteiger partial charge is 0.163 e. The number of alkyl halides is 1. The number of benzene rings is 1. The fourth-order valence-corrected chi connectivity index (χ4v) is 2.23. The molecule has 0 saturated heterocycles. The van der Waals surface area contributed by atoms with E-state index < -0.39 is 0 Å². The Morgan fingerprint density at radius 2 is 2.15 bits per heavy atom. The van der Waals surface area contributed by atoms with Gasteiger partial charge in [-0.3, -0.25) is 9.78 Å². The first-order chi connectivity index (χ1) is 9.63. The van der Waals surface area contributed by atoms with Crippen molar-refractivity contribution in [3.05, 3.63) is 36.0 Å². The lowest BCUT2D eigenvalue weighted by atomic mass is 10.0. The molecule has 1 aromatic carbocycles. The molecule has 0 N–H and O–H groups in total. The molecule has 0 spiro atoms. The lowest BCUT2D eigenvalue weighted by Crippen LogP contribution is -2.07. The van der Waals surface area contributed by atoms with Crippen molar-refractivity contribution in [2.75, 3.05) is 5.88 Å².